The first-order chi connectivity index (χ1) is 14.0. The minimum absolute atomic E-state index is 0.237. The standard InChI is InChI=1S/C27H42O2/c1-5-6-7-8-9-10-11-12-13-14-15-16-17-18-19-20-21-22-23-24-25-29-26(28)27(2,3)4/h14-25H,5-13H2,1-4H3/b15-14?,17-16-,19-18-,21-20+,23-22-,25-24?. The molecular formula is C27H42O2. The molecule has 0 rings (SSSR count). The Kier molecular flexibility index (Phi) is 17.8. The smallest absolute Gasteiger partial charge is 0.316 e. The normalized spacial score (nSPS) is 13.4. The van der Waals surface area contributed by atoms with Crippen molar-refractivity contribution < 1.29 is 9.53 Å². The summed E-state index contributed by atoms with van der Waals surface area (Å²) in [5.41, 5.74) is -0.477. The number of hydrogen-bond acceptors (Lipinski definition) is 2. The molecule has 0 bridgehead atoms. The fourth-order valence-electron chi connectivity index (χ4n) is 2.41. The molecule has 2 nitrogen and oxygen atoms in total. The summed E-state index contributed by atoms with van der Waals surface area (Å²) in [7, 11) is 0. The summed E-state index contributed by atoms with van der Waals surface area (Å²) in [6.45, 7) is 7.75. The highest BCUT2D eigenvalue weighted by Gasteiger charge is 2.21. The highest BCUT2D eigenvalue weighted by Crippen LogP contribution is 2.15. The van der Waals surface area contributed by atoms with Gasteiger partial charge in [-0.2, -0.15) is 0 Å². The van der Waals surface area contributed by atoms with Gasteiger partial charge in [-0.3, -0.25) is 4.79 Å². The van der Waals surface area contributed by atoms with Gasteiger partial charge in [0, 0.05) is 0 Å². The number of hydrogen-bond donors (Lipinski definition) is 0. The van der Waals surface area contributed by atoms with Crippen molar-refractivity contribution in [2.24, 2.45) is 5.41 Å². The molecule has 0 amide bonds. The minimum Gasteiger partial charge on any atom is -0.434 e. The summed E-state index contributed by atoms with van der Waals surface area (Å²) in [4.78, 5) is 11.5. The highest BCUT2D eigenvalue weighted by molar-refractivity contribution is 5.75. The second-order valence-electron chi connectivity index (χ2n) is 8.22. The largest absolute Gasteiger partial charge is 0.434 e. The van der Waals surface area contributed by atoms with Crippen LogP contribution in [0.1, 0.15) is 85.5 Å². The van der Waals surface area contributed by atoms with Crippen LogP contribution in [0, 0.1) is 5.41 Å². The molecule has 0 aromatic carbocycles. The monoisotopic (exact) mass is 398 g/mol. The Morgan fingerprint density at radius 3 is 1.62 bits per heavy atom. The number of unbranched alkanes of at least 4 members (excludes halogenated alkanes) is 8. The van der Waals surface area contributed by atoms with Crippen LogP contribution in [0.3, 0.4) is 0 Å². The molecule has 0 aliphatic heterocycles. The molecule has 2 heteroatoms. The van der Waals surface area contributed by atoms with Crippen molar-refractivity contribution in [3.63, 3.8) is 0 Å². The van der Waals surface area contributed by atoms with Gasteiger partial charge >= 0.3 is 5.97 Å². The third kappa shape index (κ3) is 20.5. The van der Waals surface area contributed by atoms with E-state index in [1.165, 1.54) is 64.0 Å². The number of esters is 1. The van der Waals surface area contributed by atoms with Gasteiger partial charge in [0.2, 0.25) is 0 Å². The quantitative estimate of drug-likeness (QED) is 0.120. The van der Waals surface area contributed by atoms with Gasteiger partial charge < -0.3 is 4.74 Å². The van der Waals surface area contributed by atoms with Gasteiger partial charge in [-0.05, 0) is 39.7 Å². The molecule has 0 saturated carbocycles. The second-order valence-corrected chi connectivity index (χ2v) is 8.22. The number of ether oxygens (including phenoxy) is 1. The van der Waals surface area contributed by atoms with E-state index < -0.39 is 5.41 Å². The third-order valence-electron chi connectivity index (χ3n) is 4.23. The van der Waals surface area contributed by atoms with Crippen molar-refractivity contribution in [3.8, 4) is 0 Å². The van der Waals surface area contributed by atoms with Gasteiger partial charge in [-0.1, -0.05) is 113 Å². The van der Waals surface area contributed by atoms with E-state index in [0.717, 1.165) is 0 Å². The molecule has 0 heterocycles. The van der Waals surface area contributed by atoms with Crippen molar-refractivity contribution in [2.45, 2.75) is 85.5 Å². The first-order valence-electron chi connectivity index (χ1n) is 11.2. The summed E-state index contributed by atoms with van der Waals surface area (Å²) < 4.78 is 5.02. The van der Waals surface area contributed by atoms with Crippen molar-refractivity contribution in [2.75, 3.05) is 0 Å². The van der Waals surface area contributed by atoms with Gasteiger partial charge in [0.25, 0.3) is 0 Å². The van der Waals surface area contributed by atoms with Gasteiger partial charge in [0.1, 0.15) is 0 Å². The molecule has 0 unspecified atom stereocenters. The zero-order valence-electron chi connectivity index (χ0n) is 19.1. The second kappa shape index (κ2) is 19.2. The van der Waals surface area contributed by atoms with E-state index in [1.807, 2.05) is 63.3 Å². The van der Waals surface area contributed by atoms with Crippen LogP contribution in [-0.2, 0) is 9.53 Å². The van der Waals surface area contributed by atoms with Crippen LogP contribution in [0.4, 0.5) is 0 Å². The molecule has 0 aliphatic carbocycles. The van der Waals surface area contributed by atoms with E-state index in [2.05, 4.69) is 25.2 Å². The predicted octanol–water partition coefficient (Wildman–Crippen LogP) is 8.40. The molecule has 0 radical (unpaired) electrons. The Morgan fingerprint density at radius 2 is 1.10 bits per heavy atom. The van der Waals surface area contributed by atoms with E-state index in [0.29, 0.717) is 0 Å². The molecule has 0 aromatic heterocycles. The molecule has 0 fully saturated rings. The summed E-state index contributed by atoms with van der Waals surface area (Å²) >= 11 is 0. The average Bonchev–Trinajstić information content (AvgIpc) is 2.68. The summed E-state index contributed by atoms with van der Waals surface area (Å²) in [6.07, 6.45) is 35.3. The summed E-state index contributed by atoms with van der Waals surface area (Å²) in [5.74, 6) is -0.237. The van der Waals surface area contributed by atoms with Crippen molar-refractivity contribution in [3.05, 3.63) is 73.1 Å². The lowest BCUT2D eigenvalue weighted by Crippen LogP contribution is -2.20. The summed E-state index contributed by atoms with van der Waals surface area (Å²) in [5, 5.41) is 0. The first kappa shape index (κ1) is 26.9. The highest BCUT2D eigenvalue weighted by atomic mass is 16.5. The van der Waals surface area contributed by atoms with Crippen molar-refractivity contribution in [1.82, 2.24) is 0 Å². The van der Waals surface area contributed by atoms with Crippen molar-refractivity contribution in [1.29, 1.82) is 0 Å². The van der Waals surface area contributed by atoms with E-state index in [1.54, 1.807) is 6.08 Å². The Balaban J connectivity index is 3.69. The van der Waals surface area contributed by atoms with Crippen LogP contribution in [0.15, 0.2) is 73.1 Å². The zero-order chi connectivity index (χ0) is 21.6. The van der Waals surface area contributed by atoms with Gasteiger partial charge in [-0.15, -0.1) is 0 Å². The lowest BCUT2D eigenvalue weighted by molar-refractivity contribution is -0.146. The van der Waals surface area contributed by atoms with Crippen LogP contribution >= 0.6 is 0 Å². The van der Waals surface area contributed by atoms with E-state index >= 15 is 0 Å². The number of carbonyl (C=O) groups excluding carboxylic acids is 1. The van der Waals surface area contributed by atoms with Crippen LogP contribution in [-0.4, -0.2) is 5.97 Å². The van der Waals surface area contributed by atoms with Crippen molar-refractivity contribution >= 4 is 5.97 Å². The Hall–Kier alpha value is -2.09. The Bertz CT molecular complexity index is 566. The lowest BCUT2D eigenvalue weighted by Gasteiger charge is -2.13. The number of carbonyl (C=O) groups is 1. The maximum absolute atomic E-state index is 11.5. The number of rotatable bonds is 15. The van der Waals surface area contributed by atoms with E-state index in [4.69, 9.17) is 4.74 Å². The molecule has 0 atom stereocenters. The predicted molar refractivity (Wildman–Crippen MR) is 128 cm³/mol. The van der Waals surface area contributed by atoms with Crippen LogP contribution in [0.2, 0.25) is 0 Å². The maximum Gasteiger partial charge on any atom is 0.316 e. The molecule has 162 valence electrons. The SMILES string of the molecule is CCCCCCCCCCC=C\C=C/C=C\C=C\C=C/C=COC(=O)C(C)(C)C. The molecule has 0 saturated heterocycles. The minimum atomic E-state index is -0.477. The molecular weight excluding hydrogens is 356 g/mol. The van der Waals surface area contributed by atoms with Crippen LogP contribution < -0.4 is 0 Å². The lowest BCUT2D eigenvalue weighted by atomic mass is 9.98. The maximum atomic E-state index is 11.5. The molecule has 0 N–H and O–H groups in total. The Morgan fingerprint density at radius 1 is 0.655 bits per heavy atom. The summed E-state index contributed by atoms with van der Waals surface area (Å²) in [6, 6.07) is 0. The first-order valence-corrected chi connectivity index (χ1v) is 11.2. The topological polar surface area (TPSA) is 26.3 Å². The molecule has 0 spiro atoms. The van der Waals surface area contributed by atoms with E-state index in [-0.39, 0.29) is 5.97 Å². The van der Waals surface area contributed by atoms with Gasteiger partial charge in [0.05, 0.1) is 11.7 Å². The average molecular weight is 399 g/mol. The fourth-order valence-corrected chi connectivity index (χ4v) is 2.41. The third-order valence-corrected chi connectivity index (χ3v) is 4.23. The fraction of sp³-hybridized carbons (Fsp3) is 0.519. The van der Waals surface area contributed by atoms with Crippen LogP contribution in [0.25, 0.3) is 0 Å². The molecule has 29 heavy (non-hydrogen) atoms. The molecule has 0 aromatic rings. The van der Waals surface area contributed by atoms with E-state index in [9.17, 15) is 4.79 Å². The van der Waals surface area contributed by atoms with Gasteiger partial charge in [-0.25, -0.2) is 0 Å². The molecule has 0 aliphatic rings. The zero-order valence-corrected chi connectivity index (χ0v) is 19.1. The van der Waals surface area contributed by atoms with Gasteiger partial charge in [0.15, 0.2) is 0 Å². The van der Waals surface area contributed by atoms with Crippen LogP contribution in [0.5, 0.6) is 0 Å². The Labute approximate surface area is 179 Å². The number of allylic oxidation sites excluding steroid dienone is 11.